The Morgan fingerprint density at radius 1 is 1.45 bits per heavy atom. The molecule has 2 N–H and O–H groups in total. The largest absolute Gasteiger partial charge is 0.358 e. The van der Waals surface area contributed by atoms with E-state index < -0.39 is 0 Å². The van der Waals surface area contributed by atoms with Gasteiger partial charge in [-0.2, -0.15) is 0 Å². The molecule has 0 rings (SSSR count). The van der Waals surface area contributed by atoms with E-state index in [0.717, 1.165) is 6.54 Å². The molecule has 0 aromatic rings. The van der Waals surface area contributed by atoms with Crippen molar-refractivity contribution in [2.45, 2.75) is 13.8 Å². The van der Waals surface area contributed by atoms with Crippen molar-refractivity contribution in [1.29, 1.82) is 0 Å². The summed E-state index contributed by atoms with van der Waals surface area (Å²) in [6, 6.07) is 0. The van der Waals surface area contributed by atoms with Crippen LogP contribution in [0.1, 0.15) is 13.8 Å². The molecule has 0 saturated heterocycles. The number of rotatable bonds is 4. The summed E-state index contributed by atoms with van der Waals surface area (Å²) in [6.45, 7) is 5.21. The number of carbonyl (C=O) groups excluding carboxylic acids is 1. The van der Waals surface area contributed by atoms with Crippen LogP contribution in [0.4, 0.5) is 0 Å². The normalized spacial score (nSPS) is 9.00. The van der Waals surface area contributed by atoms with Gasteiger partial charge >= 0.3 is 0 Å². The van der Waals surface area contributed by atoms with E-state index in [2.05, 4.69) is 10.6 Å². The molecule has 0 aromatic heterocycles. The second-order valence-electron chi connectivity index (χ2n) is 2.59. The van der Waals surface area contributed by atoms with Crippen molar-refractivity contribution in [3.8, 4) is 0 Å². The topological polar surface area (TPSA) is 41.1 Å². The molecule has 0 radical (unpaired) electrons. The molecular weight excluding hydrogens is 140 g/mol. The summed E-state index contributed by atoms with van der Waals surface area (Å²) in [5.74, 6) is 0.0205. The highest BCUT2D eigenvalue weighted by Crippen LogP contribution is 1.84. The molecule has 64 valence electrons. The number of likely N-dealkylation sites (N-methyl/N-ethyl adjacent to an activating group) is 1. The lowest BCUT2D eigenvalue weighted by atomic mass is 10.3. The van der Waals surface area contributed by atoms with E-state index >= 15 is 0 Å². The SMILES string of the molecule is CNC(=O)CNCC=C(C)C. The molecule has 0 aliphatic carbocycles. The number of amides is 1. The van der Waals surface area contributed by atoms with Crippen LogP contribution in [0.5, 0.6) is 0 Å². The van der Waals surface area contributed by atoms with E-state index in [4.69, 9.17) is 0 Å². The van der Waals surface area contributed by atoms with Crippen LogP contribution in [0.2, 0.25) is 0 Å². The van der Waals surface area contributed by atoms with E-state index in [1.54, 1.807) is 7.05 Å². The molecule has 0 saturated carbocycles. The maximum absolute atomic E-state index is 10.7. The fourth-order valence-electron chi connectivity index (χ4n) is 0.550. The zero-order valence-electron chi connectivity index (χ0n) is 7.40. The number of allylic oxidation sites excluding steroid dienone is 1. The van der Waals surface area contributed by atoms with E-state index in [0.29, 0.717) is 6.54 Å². The minimum Gasteiger partial charge on any atom is -0.358 e. The van der Waals surface area contributed by atoms with Crippen molar-refractivity contribution in [3.63, 3.8) is 0 Å². The van der Waals surface area contributed by atoms with Crippen LogP contribution >= 0.6 is 0 Å². The quantitative estimate of drug-likeness (QED) is 0.453. The van der Waals surface area contributed by atoms with Gasteiger partial charge in [-0.3, -0.25) is 4.79 Å². The zero-order chi connectivity index (χ0) is 8.69. The summed E-state index contributed by atoms with van der Waals surface area (Å²) in [5.41, 5.74) is 1.26. The van der Waals surface area contributed by atoms with Crippen molar-refractivity contribution >= 4 is 5.91 Å². The Hall–Kier alpha value is -0.830. The highest BCUT2D eigenvalue weighted by Gasteiger charge is 1.92. The van der Waals surface area contributed by atoms with Gasteiger partial charge in [-0.05, 0) is 13.8 Å². The van der Waals surface area contributed by atoms with Crippen LogP contribution in [-0.2, 0) is 4.79 Å². The lowest BCUT2D eigenvalue weighted by molar-refractivity contribution is -0.119. The third kappa shape index (κ3) is 7.06. The fraction of sp³-hybridized carbons (Fsp3) is 0.625. The van der Waals surface area contributed by atoms with Gasteiger partial charge in [-0.25, -0.2) is 0 Å². The molecule has 3 nitrogen and oxygen atoms in total. The number of nitrogens with one attached hydrogen (secondary N) is 2. The predicted molar refractivity (Wildman–Crippen MR) is 46.4 cm³/mol. The van der Waals surface area contributed by atoms with Gasteiger partial charge in [-0.1, -0.05) is 11.6 Å². The average molecular weight is 156 g/mol. The first-order valence-electron chi connectivity index (χ1n) is 3.71. The highest BCUT2D eigenvalue weighted by molar-refractivity contribution is 5.77. The molecule has 11 heavy (non-hydrogen) atoms. The number of carbonyl (C=O) groups is 1. The van der Waals surface area contributed by atoms with Gasteiger partial charge in [0, 0.05) is 13.6 Å². The Balaban J connectivity index is 3.28. The van der Waals surface area contributed by atoms with Crippen LogP contribution in [0.25, 0.3) is 0 Å². The summed E-state index contributed by atoms with van der Waals surface area (Å²) >= 11 is 0. The molecule has 0 heterocycles. The third-order valence-electron chi connectivity index (χ3n) is 1.22. The maximum Gasteiger partial charge on any atom is 0.233 e. The molecule has 0 bridgehead atoms. The van der Waals surface area contributed by atoms with Gasteiger partial charge in [0.25, 0.3) is 0 Å². The number of hydrogen-bond acceptors (Lipinski definition) is 2. The standard InChI is InChI=1S/C8H16N2O/c1-7(2)4-5-10-6-8(11)9-3/h4,10H,5-6H2,1-3H3,(H,9,11). The minimum absolute atomic E-state index is 0.0205. The van der Waals surface area contributed by atoms with Crippen molar-refractivity contribution in [2.75, 3.05) is 20.1 Å². The molecule has 0 aliphatic rings. The van der Waals surface area contributed by atoms with Gasteiger partial charge in [0.2, 0.25) is 5.91 Å². The average Bonchev–Trinajstić information content (AvgIpc) is 1.97. The second-order valence-corrected chi connectivity index (χ2v) is 2.59. The van der Waals surface area contributed by atoms with E-state index in [1.165, 1.54) is 5.57 Å². The maximum atomic E-state index is 10.7. The summed E-state index contributed by atoms with van der Waals surface area (Å²) in [6.07, 6.45) is 2.04. The first kappa shape index (κ1) is 10.2. The molecule has 0 aromatic carbocycles. The molecule has 0 atom stereocenters. The van der Waals surface area contributed by atoms with Gasteiger partial charge in [-0.15, -0.1) is 0 Å². The summed E-state index contributed by atoms with van der Waals surface area (Å²) in [7, 11) is 1.63. The Kier molecular flexibility index (Phi) is 5.47. The van der Waals surface area contributed by atoms with Crippen LogP contribution in [0, 0.1) is 0 Å². The Morgan fingerprint density at radius 2 is 2.09 bits per heavy atom. The zero-order valence-corrected chi connectivity index (χ0v) is 7.40. The van der Waals surface area contributed by atoms with Gasteiger partial charge in [0.1, 0.15) is 0 Å². The molecule has 0 unspecified atom stereocenters. The summed E-state index contributed by atoms with van der Waals surface area (Å²) in [4.78, 5) is 10.7. The molecule has 1 amide bonds. The highest BCUT2D eigenvalue weighted by atomic mass is 16.1. The number of hydrogen-bond donors (Lipinski definition) is 2. The van der Waals surface area contributed by atoms with E-state index in [1.807, 2.05) is 19.9 Å². The Labute approximate surface area is 67.9 Å². The second kappa shape index (κ2) is 5.92. The van der Waals surface area contributed by atoms with Crippen LogP contribution in [0.3, 0.4) is 0 Å². The molecule has 0 spiro atoms. The van der Waals surface area contributed by atoms with Crippen LogP contribution in [0.15, 0.2) is 11.6 Å². The Bertz CT molecular complexity index is 148. The first-order chi connectivity index (χ1) is 5.16. The van der Waals surface area contributed by atoms with Crippen LogP contribution in [-0.4, -0.2) is 26.0 Å². The molecule has 0 fully saturated rings. The van der Waals surface area contributed by atoms with Gasteiger partial charge < -0.3 is 10.6 Å². The molecule has 0 aliphatic heterocycles. The third-order valence-corrected chi connectivity index (χ3v) is 1.22. The van der Waals surface area contributed by atoms with Crippen molar-refractivity contribution in [2.24, 2.45) is 0 Å². The predicted octanol–water partition coefficient (Wildman–Crippen LogP) is 0.288. The molecular formula is C8H16N2O. The van der Waals surface area contributed by atoms with Crippen molar-refractivity contribution < 1.29 is 4.79 Å². The minimum atomic E-state index is 0.0205. The van der Waals surface area contributed by atoms with Crippen LogP contribution < -0.4 is 10.6 Å². The lowest BCUT2D eigenvalue weighted by Gasteiger charge is -1.99. The fourth-order valence-corrected chi connectivity index (χ4v) is 0.550. The monoisotopic (exact) mass is 156 g/mol. The lowest BCUT2D eigenvalue weighted by Crippen LogP contribution is -2.31. The Morgan fingerprint density at radius 3 is 2.55 bits per heavy atom. The van der Waals surface area contributed by atoms with Gasteiger partial charge in [0.05, 0.1) is 6.54 Å². The van der Waals surface area contributed by atoms with Gasteiger partial charge in [0.15, 0.2) is 0 Å². The van der Waals surface area contributed by atoms with E-state index in [-0.39, 0.29) is 5.91 Å². The van der Waals surface area contributed by atoms with Crippen molar-refractivity contribution in [1.82, 2.24) is 10.6 Å². The van der Waals surface area contributed by atoms with Crippen molar-refractivity contribution in [3.05, 3.63) is 11.6 Å². The molecule has 3 heteroatoms. The first-order valence-corrected chi connectivity index (χ1v) is 3.71. The summed E-state index contributed by atoms with van der Waals surface area (Å²) in [5, 5.41) is 5.51. The smallest absolute Gasteiger partial charge is 0.233 e. The van der Waals surface area contributed by atoms with E-state index in [9.17, 15) is 4.79 Å². The summed E-state index contributed by atoms with van der Waals surface area (Å²) < 4.78 is 0.